The molecule has 0 amide bonds. The normalized spacial score (nSPS) is 44.8. The highest BCUT2D eigenvalue weighted by atomic mass is 16.8. The van der Waals surface area contributed by atoms with Gasteiger partial charge in [-0.1, -0.05) is 0 Å². The van der Waals surface area contributed by atoms with Crippen LogP contribution >= 0.6 is 0 Å². The highest BCUT2D eigenvalue weighted by Crippen LogP contribution is 2.36. The molecular weight excluding hydrogens is 172 g/mol. The van der Waals surface area contributed by atoms with Crippen LogP contribution in [0, 0.1) is 0 Å². The molecule has 4 nitrogen and oxygen atoms in total. The van der Waals surface area contributed by atoms with Crippen molar-refractivity contribution in [3.8, 4) is 0 Å². The van der Waals surface area contributed by atoms with Gasteiger partial charge in [0.2, 0.25) is 0 Å². The van der Waals surface area contributed by atoms with Gasteiger partial charge in [-0.15, -0.1) is 0 Å². The van der Waals surface area contributed by atoms with Crippen molar-refractivity contribution in [1.82, 2.24) is 0 Å². The van der Waals surface area contributed by atoms with Crippen LogP contribution < -0.4 is 0 Å². The Hall–Kier alpha value is -0.160. The third-order valence-corrected chi connectivity index (χ3v) is 2.47. The first kappa shape index (κ1) is 9.40. The Bertz CT molecular complexity index is 202. The summed E-state index contributed by atoms with van der Waals surface area (Å²) in [6.45, 7) is 5.99. The van der Waals surface area contributed by atoms with Crippen molar-refractivity contribution in [2.75, 3.05) is 6.61 Å². The second kappa shape index (κ2) is 2.92. The summed E-state index contributed by atoms with van der Waals surface area (Å²) in [5, 5.41) is 9.41. The molecule has 0 unspecified atom stereocenters. The van der Waals surface area contributed by atoms with Crippen molar-refractivity contribution in [3.63, 3.8) is 0 Å². The fourth-order valence-corrected chi connectivity index (χ4v) is 1.99. The Morgan fingerprint density at radius 3 is 2.69 bits per heavy atom. The molecule has 2 heterocycles. The molecule has 0 aliphatic carbocycles. The van der Waals surface area contributed by atoms with Crippen LogP contribution in [-0.2, 0) is 14.2 Å². The molecule has 2 rings (SSSR count). The van der Waals surface area contributed by atoms with Crippen molar-refractivity contribution in [3.05, 3.63) is 0 Å². The summed E-state index contributed by atoms with van der Waals surface area (Å²) in [6.07, 6.45) is -0.885. The first-order valence-corrected chi connectivity index (χ1v) is 4.65. The van der Waals surface area contributed by atoms with Crippen LogP contribution in [0.25, 0.3) is 0 Å². The van der Waals surface area contributed by atoms with E-state index in [0.717, 1.165) is 0 Å². The van der Waals surface area contributed by atoms with Crippen LogP contribution in [0.2, 0.25) is 0 Å². The summed E-state index contributed by atoms with van der Waals surface area (Å²) >= 11 is 0. The number of rotatable bonds is 1. The highest BCUT2D eigenvalue weighted by Gasteiger charge is 2.51. The van der Waals surface area contributed by atoms with Crippen LogP contribution in [-0.4, -0.2) is 41.9 Å². The van der Waals surface area contributed by atoms with Gasteiger partial charge in [0.05, 0.1) is 12.7 Å². The molecule has 13 heavy (non-hydrogen) atoms. The predicted molar refractivity (Wildman–Crippen MR) is 45.2 cm³/mol. The van der Waals surface area contributed by atoms with E-state index in [9.17, 15) is 5.11 Å². The fraction of sp³-hybridized carbons (Fsp3) is 1.00. The molecular formula is C9H16O4. The number of aliphatic hydroxyl groups is 1. The van der Waals surface area contributed by atoms with E-state index >= 15 is 0 Å². The Labute approximate surface area is 77.8 Å². The Kier molecular flexibility index (Phi) is 2.11. The van der Waals surface area contributed by atoms with Gasteiger partial charge < -0.3 is 19.3 Å². The molecule has 4 heteroatoms. The van der Waals surface area contributed by atoms with Crippen LogP contribution in [0.5, 0.6) is 0 Å². The number of aliphatic hydroxyl groups excluding tert-OH is 1. The average molecular weight is 188 g/mol. The largest absolute Gasteiger partial charge is 0.391 e. The first-order valence-electron chi connectivity index (χ1n) is 4.65. The maximum Gasteiger partial charge on any atom is 0.164 e. The summed E-state index contributed by atoms with van der Waals surface area (Å²) in [4.78, 5) is 0. The van der Waals surface area contributed by atoms with Gasteiger partial charge in [0.15, 0.2) is 5.79 Å². The minimum absolute atomic E-state index is 0.0189. The van der Waals surface area contributed by atoms with Crippen LogP contribution in [0.4, 0.5) is 0 Å². The zero-order valence-corrected chi connectivity index (χ0v) is 8.19. The van der Waals surface area contributed by atoms with E-state index in [0.29, 0.717) is 6.61 Å². The summed E-state index contributed by atoms with van der Waals surface area (Å²) in [5.74, 6) is -0.535. The van der Waals surface area contributed by atoms with Crippen molar-refractivity contribution in [2.45, 2.75) is 51.0 Å². The molecule has 0 spiro atoms. The molecule has 2 aliphatic rings. The van der Waals surface area contributed by atoms with Gasteiger partial charge in [0.1, 0.15) is 18.3 Å². The molecule has 0 aromatic carbocycles. The molecule has 0 saturated carbocycles. The van der Waals surface area contributed by atoms with Gasteiger partial charge in [-0.2, -0.15) is 0 Å². The zero-order chi connectivity index (χ0) is 9.64. The zero-order valence-electron chi connectivity index (χ0n) is 8.19. The van der Waals surface area contributed by atoms with Crippen LogP contribution in [0.1, 0.15) is 20.8 Å². The Morgan fingerprint density at radius 2 is 2.08 bits per heavy atom. The lowest BCUT2D eigenvalue weighted by molar-refractivity contribution is -0.183. The smallest absolute Gasteiger partial charge is 0.164 e. The molecule has 0 radical (unpaired) electrons. The maximum absolute atomic E-state index is 9.41. The number of ether oxygens (including phenoxy) is 3. The lowest BCUT2D eigenvalue weighted by atomic mass is 10.1. The number of fused-ring (bicyclic) bond motifs is 1. The summed E-state index contributed by atoms with van der Waals surface area (Å²) in [6, 6.07) is 0. The van der Waals surface area contributed by atoms with E-state index in [-0.39, 0.29) is 18.3 Å². The Morgan fingerprint density at radius 1 is 1.38 bits per heavy atom. The molecule has 2 saturated heterocycles. The standard InChI is InChI=1S/C9H16O4/c1-5(10)7-8-6(4-11-7)12-9(2,3)13-8/h5-8,10H,4H2,1-3H3/t5-,6+,7+,8+/m0/s1. The van der Waals surface area contributed by atoms with Gasteiger partial charge >= 0.3 is 0 Å². The van der Waals surface area contributed by atoms with E-state index in [2.05, 4.69) is 0 Å². The Balaban J connectivity index is 2.08. The first-order chi connectivity index (χ1) is 5.99. The van der Waals surface area contributed by atoms with Gasteiger partial charge in [-0.25, -0.2) is 0 Å². The van der Waals surface area contributed by atoms with E-state index in [1.165, 1.54) is 0 Å². The minimum Gasteiger partial charge on any atom is -0.391 e. The number of hydrogen-bond donors (Lipinski definition) is 1. The van der Waals surface area contributed by atoms with E-state index in [4.69, 9.17) is 14.2 Å². The topological polar surface area (TPSA) is 47.9 Å². The fourth-order valence-electron chi connectivity index (χ4n) is 1.99. The van der Waals surface area contributed by atoms with Crippen molar-refractivity contribution in [2.24, 2.45) is 0 Å². The van der Waals surface area contributed by atoms with Crippen molar-refractivity contribution >= 4 is 0 Å². The lowest BCUT2D eigenvalue weighted by Gasteiger charge is -2.22. The highest BCUT2D eigenvalue weighted by molar-refractivity contribution is 4.94. The van der Waals surface area contributed by atoms with Crippen LogP contribution in [0.15, 0.2) is 0 Å². The molecule has 0 bridgehead atoms. The van der Waals surface area contributed by atoms with E-state index in [1.54, 1.807) is 6.92 Å². The van der Waals surface area contributed by atoms with Gasteiger partial charge in [-0.3, -0.25) is 0 Å². The van der Waals surface area contributed by atoms with Gasteiger partial charge in [-0.05, 0) is 20.8 Å². The molecule has 2 fully saturated rings. The number of hydrogen-bond acceptors (Lipinski definition) is 4. The second-order valence-electron chi connectivity index (χ2n) is 4.18. The van der Waals surface area contributed by atoms with E-state index < -0.39 is 11.9 Å². The average Bonchev–Trinajstić information content (AvgIpc) is 2.41. The van der Waals surface area contributed by atoms with Gasteiger partial charge in [0, 0.05) is 0 Å². The molecule has 0 aromatic rings. The molecule has 1 N–H and O–H groups in total. The monoisotopic (exact) mass is 188 g/mol. The van der Waals surface area contributed by atoms with Crippen molar-refractivity contribution < 1.29 is 19.3 Å². The molecule has 76 valence electrons. The summed E-state index contributed by atoms with van der Waals surface area (Å²) in [5.41, 5.74) is 0. The quantitative estimate of drug-likeness (QED) is 0.642. The minimum atomic E-state index is -0.535. The molecule has 2 aliphatic heterocycles. The summed E-state index contributed by atoms with van der Waals surface area (Å²) < 4.78 is 16.6. The third-order valence-electron chi connectivity index (χ3n) is 2.47. The summed E-state index contributed by atoms with van der Waals surface area (Å²) in [7, 11) is 0. The van der Waals surface area contributed by atoms with Crippen molar-refractivity contribution in [1.29, 1.82) is 0 Å². The molecule has 4 atom stereocenters. The molecule has 0 aromatic heterocycles. The van der Waals surface area contributed by atoms with Gasteiger partial charge in [0.25, 0.3) is 0 Å². The van der Waals surface area contributed by atoms with E-state index in [1.807, 2.05) is 13.8 Å². The SMILES string of the molecule is C[C@H](O)[C@H]1OC[C@H]2OC(C)(C)O[C@@H]12. The van der Waals surface area contributed by atoms with Crippen LogP contribution in [0.3, 0.4) is 0 Å². The predicted octanol–water partition coefficient (Wildman–Crippen LogP) is 0.286. The second-order valence-corrected chi connectivity index (χ2v) is 4.18. The maximum atomic E-state index is 9.41. The third kappa shape index (κ3) is 1.59. The lowest BCUT2D eigenvalue weighted by Crippen LogP contribution is -2.36.